The third kappa shape index (κ3) is 2.62. The van der Waals surface area contributed by atoms with E-state index in [1.54, 1.807) is 19.1 Å². The number of aromatic nitrogens is 2. The Labute approximate surface area is 135 Å². The molecule has 1 N–H and O–H groups in total. The van der Waals surface area contributed by atoms with Crippen molar-refractivity contribution >= 4 is 17.0 Å². The number of hydrogen-bond acceptors (Lipinski definition) is 3. The lowest BCUT2D eigenvalue weighted by molar-refractivity contribution is -0.137. The molecule has 0 atom stereocenters. The van der Waals surface area contributed by atoms with E-state index in [2.05, 4.69) is 9.97 Å². The molecule has 24 heavy (non-hydrogen) atoms. The normalized spacial score (nSPS) is 11.7. The largest absolute Gasteiger partial charge is 0.465 e. The minimum absolute atomic E-state index is 0.279. The summed E-state index contributed by atoms with van der Waals surface area (Å²) in [6.07, 6.45) is -2.97. The first kappa shape index (κ1) is 16.0. The molecule has 4 nitrogen and oxygen atoms in total. The Hall–Kier alpha value is -2.83. The van der Waals surface area contributed by atoms with Crippen molar-refractivity contribution < 1.29 is 22.7 Å². The van der Waals surface area contributed by atoms with E-state index in [1.165, 1.54) is 19.4 Å². The van der Waals surface area contributed by atoms with Gasteiger partial charge in [-0.1, -0.05) is 12.1 Å². The van der Waals surface area contributed by atoms with E-state index >= 15 is 0 Å². The summed E-state index contributed by atoms with van der Waals surface area (Å²) in [5, 5.41) is 0. The summed E-state index contributed by atoms with van der Waals surface area (Å²) >= 11 is 0. The van der Waals surface area contributed by atoms with Gasteiger partial charge in [0.05, 0.1) is 18.2 Å². The number of carbonyl (C=O) groups is 1. The molecule has 0 amide bonds. The number of alkyl halides is 3. The fraction of sp³-hybridized carbons (Fsp3) is 0.176. The maximum atomic E-state index is 12.9. The van der Waals surface area contributed by atoms with E-state index in [-0.39, 0.29) is 5.56 Å². The Balaban J connectivity index is 2.24. The molecule has 0 bridgehead atoms. The molecule has 0 aliphatic heterocycles. The highest BCUT2D eigenvalue weighted by atomic mass is 19.4. The van der Waals surface area contributed by atoms with Gasteiger partial charge in [-0.15, -0.1) is 0 Å². The molecular weight excluding hydrogens is 321 g/mol. The second-order valence-corrected chi connectivity index (χ2v) is 5.28. The number of pyridine rings is 1. The van der Waals surface area contributed by atoms with Gasteiger partial charge in [0.15, 0.2) is 0 Å². The van der Waals surface area contributed by atoms with Crippen LogP contribution in [0, 0.1) is 6.92 Å². The molecule has 0 radical (unpaired) electrons. The number of carbonyl (C=O) groups excluding carboxylic acids is 1. The average molecular weight is 334 g/mol. The van der Waals surface area contributed by atoms with Gasteiger partial charge < -0.3 is 9.72 Å². The number of rotatable bonds is 2. The summed E-state index contributed by atoms with van der Waals surface area (Å²) < 4.78 is 43.6. The number of halogens is 3. The molecule has 7 heteroatoms. The van der Waals surface area contributed by atoms with Crippen LogP contribution in [-0.2, 0) is 10.9 Å². The van der Waals surface area contributed by atoms with Crippen molar-refractivity contribution in [1.82, 2.24) is 9.97 Å². The van der Waals surface area contributed by atoms with Crippen molar-refractivity contribution in [2.24, 2.45) is 0 Å². The summed E-state index contributed by atoms with van der Waals surface area (Å²) in [6.45, 7) is 1.68. The third-order valence-corrected chi connectivity index (χ3v) is 3.77. The van der Waals surface area contributed by atoms with Crippen molar-refractivity contribution in [3.05, 3.63) is 53.3 Å². The van der Waals surface area contributed by atoms with Gasteiger partial charge >= 0.3 is 12.1 Å². The van der Waals surface area contributed by atoms with Crippen LogP contribution in [0.3, 0.4) is 0 Å². The summed E-state index contributed by atoms with van der Waals surface area (Å²) in [7, 11) is 1.26. The molecule has 3 aromatic rings. The lowest BCUT2D eigenvalue weighted by Gasteiger charge is -2.09. The average Bonchev–Trinajstić information content (AvgIpc) is 2.89. The van der Waals surface area contributed by atoms with Crippen molar-refractivity contribution in [3.63, 3.8) is 0 Å². The predicted molar refractivity (Wildman–Crippen MR) is 82.6 cm³/mol. The highest BCUT2D eigenvalue weighted by Crippen LogP contribution is 2.35. The van der Waals surface area contributed by atoms with Crippen molar-refractivity contribution in [2.45, 2.75) is 13.1 Å². The van der Waals surface area contributed by atoms with Gasteiger partial charge in [0.2, 0.25) is 0 Å². The van der Waals surface area contributed by atoms with Gasteiger partial charge in [-0.2, -0.15) is 13.2 Å². The molecule has 2 heterocycles. The van der Waals surface area contributed by atoms with Gasteiger partial charge in [0.1, 0.15) is 11.1 Å². The second kappa shape index (κ2) is 5.67. The number of aromatic amines is 1. The Kier molecular flexibility index (Phi) is 3.79. The van der Waals surface area contributed by atoms with Crippen LogP contribution in [-0.4, -0.2) is 23.0 Å². The van der Waals surface area contributed by atoms with E-state index in [4.69, 9.17) is 4.74 Å². The van der Waals surface area contributed by atoms with E-state index in [0.29, 0.717) is 27.9 Å². The van der Waals surface area contributed by atoms with E-state index in [1.807, 2.05) is 0 Å². The number of methoxy groups -OCH3 is 1. The van der Waals surface area contributed by atoms with Gasteiger partial charge in [-0.25, -0.2) is 4.79 Å². The maximum absolute atomic E-state index is 12.9. The lowest BCUT2D eigenvalue weighted by atomic mass is 10.0. The van der Waals surface area contributed by atoms with Crippen LogP contribution in [0.4, 0.5) is 13.2 Å². The summed E-state index contributed by atoms with van der Waals surface area (Å²) in [5.41, 5.74) is 1.87. The molecule has 0 aliphatic carbocycles. The second-order valence-electron chi connectivity index (χ2n) is 5.28. The number of esters is 1. The number of benzene rings is 1. The number of aryl methyl sites for hydroxylation is 1. The summed E-state index contributed by atoms with van der Waals surface area (Å²) in [5.74, 6) is -0.549. The van der Waals surface area contributed by atoms with Gasteiger partial charge in [0.25, 0.3) is 0 Å². The number of H-pyrrole nitrogens is 1. The van der Waals surface area contributed by atoms with Crippen molar-refractivity contribution in [2.75, 3.05) is 7.11 Å². The minimum atomic E-state index is -4.43. The molecule has 0 saturated carbocycles. The number of fused-ring (bicyclic) bond motifs is 1. The van der Waals surface area contributed by atoms with Crippen LogP contribution in [0.25, 0.3) is 22.2 Å². The Morgan fingerprint density at radius 1 is 1.25 bits per heavy atom. The Bertz CT molecular complexity index is 929. The first-order valence-electron chi connectivity index (χ1n) is 7.06. The third-order valence-electron chi connectivity index (χ3n) is 3.77. The standard InChI is InChI=1S/C17H13F3N2O2/c1-9-13(16(23)24-2)15-14(22-9)12(6-7-21-15)10-4-3-5-11(8-10)17(18,19)20/h3-8,22H,1-2H3. The highest BCUT2D eigenvalue weighted by Gasteiger charge is 2.30. The lowest BCUT2D eigenvalue weighted by Crippen LogP contribution is -2.04. The zero-order valence-electron chi connectivity index (χ0n) is 12.9. The van der Waals surface area contributed by atoms with E-state index in [0.717, 1.165) is 12.1 Å². The number of ether oxygens (including phenoxy) is 1. The SMILES string of the molecule is COC(=O)c1c(C)[nH]c2c(-c3cccc(C(F)(F)F)c3)ccnc12. The van der Waals surface area contributed by atoms with Crippen LogP contribution >= 0.6 is 0 Å². The molecule has 0 aliphatic rings. The first-order valence-corrected chi connectivity index (χ1v) is 7.06. The minimum Gasteiger partial charge on any atom is -0.465 e. The molecule has 0 unspecified atom stereocenters. The molecule has 2 aromatic heterocycles. The molecular formula is C17H13F3N2O2. The first-order chi connectivity index (χ1) is 11.3. The molecule has 0 spiro atoms. The quantitative estimate of drug-likeness (QED) is 0.709. The monoisotopic (exact) mass is 334 g/mol. The molecule has 1 aromatic carbocycles. The van der Waals surface area contributed by atoms with Crippen LogP contribution in [0.5, 0.6) is 0 Å². The smallest absolute Gasteiger partial charge is 0.416 e. The van der Waals surface area contributed by atoms with Crippen LogP contribution in [0.15, 0.2) is 36.5 Å². The predicted octanol–water partition coefficient (Wildman–Crippen LogP) is 4.34. The van der Waals surface area contributed by atoms with Gasteiger partial charge in [0, 0.05) is 17.5 Å². The zero-order chi connectivity index (χ0) is 17.5. The molecule has 0 saturated heterocycles. The van der Waals surface area contributed by atoms with Crippen molar-refractivity contribution in [3.8, 4) is 11.1 Å². The fourth-order valence-corrected chi connectivity index (χ4v) is 2.66. The van der Waals surface area contributed by atoms with Crippen LogP contribution in [0.1, 0.15) is 21.6 Å². The van der Waals surface area contributed by atoms with E-state index in [9.17, 15) is 18.0 Å². The Morgan fingerprint density at radius 3 is 2.67 bits per heavy atom. The van der Waals surface area contributed by atoms with Gasteiger partial charge in [-0.05, 0) is 30.7 Å². The Morgan fingerprint density at radius 2 is 2.00 bits per heavy atom. The van der Waals surface area contributed by atoms with E-state index < -0.39 is 17.7 Å². The molecule has 3 rings (SSSR count). The number of nitrogens with zero attached hydrogens (tertiary/aromatic N) is 1. The van der Waals surface area contributed by atoms with Crippen LogP contribution in [0.2, 0.25) is 0 Å². The summed E-state index contributed by atoms with van der Waals surface area (Å²) in [4.78, 5) is 19.1. The van der Waals surface area contributed by atoms with Gasteiger partial charge in [-0.3, -0.25) is 4.98 Å². The number of hydrogen-bond donors (Lipinski definition) is 1. The zero-order valence-corrected chi connectivity index (χ0v) is 12.9. The van der Waals surface area contributed by atoms with Crippen LogP contribution < -0.4 is 0 Å². The fourth-order valence-electron chi connectivity index (χ4n) is 2.66. The van der Waals surface area contributed by atoms with Crippen molar-refractivity contribution in [1.29, 1.82) is 0 Å². The molecule has 0 fully saturated rings. The maximum Gasteiger partial charge on any atom is 0.416 e. The summed E-state index contributed by atoms with van der Waals surface area (Å²) in [6, 6.07) is 6.62. The molecule has 124 valence electrons. The highest BCUT2D eigenvalue weighted by molar-refractivity contribution is 6.07. The number of nitrogens with one attached hydrogen (secondary N) is 1. The topological polar surface area (TPSA) is 55.0 Å².